The standard InChI is InChI=1S/C19H26N4/c1-2-7-17(8-3-1)22-12-5-6-16(14-22)18-9-4-10-19(21-18)23-13-11-20-15-23/h4,9-11,13,15-17H,1-3,5-8,12,14H2. The van der Waals surface area contributed by atoms with Crippen LogP contribution in [-0.4, -0.2) is 38.6 Å². The van der Waals surface area contributed by atoms with Gasteiger partial charge in [-0.05, 0) is 44.4 Å². The van der Waals surface area contributed by atoms with E-state index in [9.17, 15) is 0 Å². The summed E-state index contributed by atoms with van der Waals surface area (Å²) in [4.78, 5) is 11.8. The first-order valence-corrected chi connectivity index (χ1v) is 9.09. The van der Waals surface area contributed by atoms with E-state index in [1.54, 1.807) is 6.20 Å². The highest BCUT2D eigenvalue weighted by Crippen LogP contribution is 2.31. The van der Waals surface area contributed by atoms with E-state index < -0.39 is 0 Å². The molecule has 2 aromatic heterocycles. The van der Waals surface area contributed by atoms with Gasteiger partial charge in [0.05, 0.1) is 0 Å². The Balaban J connectivity index is 1.50. The highest BCUT2D eigenvalue weighted by molar-refractivity contribution is 5.26. The molecule has 4 rings (SSSR count). The molecular weight excluding hydrogens is 284 g/mol. The van der Waals surface area contributed by atoms with Gasteiger partial charge in [-0.15, -0.1) is 0 Å². The predicted molar refractivity (Wildman–Crippen MR) is 91.8 cm³/mol. The Bertz CT molecular complexity index is 616. The summed E-state index contributed by atoms with van der Waals surface area (Å²) >= 11 is 0. The van der Waals surface area contributed by atoms with Crippen molar-refractivity contribution in [1.82, 2.24) is 19.4 Å². The molecule has 1 aliphatic heterocycles. The summed E-state index contributed by atoms with van der Waals surface area (Å²) < 4.78 is 1.99. The van der Waals surface area contributed by atoms with E-state index in [4.69, 9.17) is 4.98 Å². The zero-order chi connectivity index (χ0) is 15.5. The third kappa shape index (κ3) is 3.32. The summed E-state index contributed by atoms with van der Waals surface area (Å²) in [5.41, 5.74) is 1.25. The van der Waals surface area contributed by atoms with Crippen molar-refractivity contribution in [2.24, 2.45) is 0 Å². The molecule has 23 heavy (non-hydrogen) atoms. The number of likely N-dealkylation sites (tertiary alicyclic amines) is 1. The summed E-state index contributed by atoms with van der Waals surface area (Å²) in [5.74, 6) is 1.56. The Morgan fingerprint density at radius 1 is 1.00 bits per heavy atom. The van der Waals surface area contributed by atoms with Gasteiger partial charge in [0, 0.05) is 36.6 Å². The number of nitrogens with zero attached hydrogens (tertiary/aromatic N) is 4. The molecule has 1 unspecified atom stereocenters. The monoisotopic (exact) mass is 310 g/mol. The molecule has 0 bridgehead atoms. The summed E-state index contributed by atoms with van der Waals surface area (Å²) in [5, 5.41) is 0. The number of imidazole rings is 1. The number of piperidine rings is 1. The van der Waals surface area contributed by atoms with E-state index >= 15 is 0 Å². The van der Waals surface area contributed by atoms with Gasteiger partial charge in [-0.2, -0.15) is 0 Å². The first kappa shape index (κ1) is 14.9. The van der Waals surface area contributed by atoms with Crippen LogP contribution in [0.5, 0.6) is 0 Å². The fourth-order valence-corrected chi connectivity index (χ4v) is 4.23. The Hall–Kier alpha value is -1.68. The highest BCUT2D eigenvalue weighted by atomic mass is 15.2. The molecule has 1 atom stereocenters. The molecule has 2 aromatic rings. The number of hydrogen-bond donors (Lipinski definition) is 0. The molecule has 4 nitrogen and oxygen atoms in total. The van der Waals surface area contributed by atoms with Gasteiger partial charge < -0.3 is 0 Å². The second-order valence-corrected chi connectivity index (χ2v) is 7.02. The third-order valence-electron chi connectivity index (χ3n) is 5.49. The average molecular weight is 310 g/mol. The van der Waals surface area contributed by atoms with Crippen molar-refractivity contribution in [3.05, 3.63) is 42.6 Å². The fourth-order valence-electron chi connectivity index (χ4n) is 4.23. The van der Waals surface area contributed by atoms with Gasteiger partial charge in [0.25, 0.3) is 0 Å². The van der Waals surface area contributed by atoms with Crippen LogP contribution >= 0.6 is 0 Å². The SMILES string of the molecule is c1cc(C2CCCN(C3CCCCC3)C2)nc(-n2ccnc2)c1. The lowest BCUT2D eigenvalue weighted by atomic mass is 9.89. The molecule has 1 aliphatic carbocycles. The molecule has 3 heterocycles. The Morgan fingerprint density at radius 3 is 2.74 bits per heavy atom. The molecular formula is C19H26N4. The van der Waals surface area contributed by atoms with E-state index in [2.05, 4.69) is 28.1 Å². The largest absolute Gasteiger partial charge is 0.300 e. The maximum absolute atomic E-state index is 4.91. The molecule has 0 spiro atoms. The van der Waals surface area contributed by atoms with Gasteiger partial charge >= 0.3 is 0 Å². The van der Waals surface area contributed by atoms with E-state index in [1.165, 1.54) is 63.7 Å². The van der Waals surface area contributed by atoms with Crippen molar-refractivity contribution in [1.29, 1.82) is 0 Å². The lowest BCUT2D eigenvalue weighted by Crippen LogP contribution is -2.43. The maximum Gasteiger partial charge on any atom is 0.138 e. The van der Waals surface area contributed by atoms with Crippen LogP contribution in [0.4, 0.5) is 0 Å². The van der Waals surface area contributed by atoms with Crippen LogP contribution in [-0.2, 0) is 0 Å². The van der Waals surface area contributed by atoms with Gasteiger partial charge in [0.15, 0.2) is 0 Å². The lowest BCUT2D eigenvalue weighted by Gasteiger charge is -2.40. The fraction of sp³-hybridized carbons (Fsp3) is 0.579. The topological polar surface area (TPSA) is 34.0 Å². The molecule has 2 fully saturated rings. The average Bonchev–Trinajstić information content (AvgIpc) is 3.18. The first-order chi connectivity index (χ1) is 11.4. The van der Waals surface area contributed by atoms with Gasteiger partial charge in [0.2, 0.25) is 0 Å². The summed E-state index contributed by atoms with van der Waals surface area (Å²) in [7, 11) is 0. The lowest BCUT2D eigenvalue weighted by molar-refractivity contribution is 0.118. The van der Waals surface area contributed by atoms with Crippen LogP contribution in [0.1, 0.15) is 56.6 Å². The zero-order valence-corrected chi connectivity index (χ0v) is 13.8. The number of aromatic nitrogens is 3. The van der Waals surface area contributed by atoms with E-state index in [1.807, 2.05) is 17.1 Å². The Labute approximate surface area is 138 Å². The summed E-state index contributed by atoms with van der Waals surface area (Å²) in [6.45, 7) is 2.47. The number of pyridine rings is 1. The minimum Gasteiger partial charge on any atom is -0.300 e. The number of hydrogen-bond acceptors (Lipinski definition) is 3. The predicted octanol–water partition coefficient (Wildman–Crippen LogP) is 3.78. The van der Waals surface area contributed by atoms with Gasteiger partial charge in [0.1, 0.15) is 12.1 Å². The first-order valence-electron chi connectivity index (χ1n) is 9.09. The Kier molecular flexibility index (Phi) is 4.42. The third-order valence-corrected chi connectivity index (χ3v) is 5.49. The Morgan fingerprint density at radius 2 is 1.91 bits per heavy atom. The molecule has 122 valence electrons. The summed E-state index contributed by atoms with van der Waals surface area (Å²) in [6.07, 6.45) is 15.2. The van der Waals surface area contributed by atoms with Crippen LogP contribution in [0.3, 0.4) is 0 Å². The number of rotatable bonds is 3. The van der Waals surface area contributed by atoms with Crippen LogP contribution < -0.4 is 0 Å². The second kappa shape index (κ2) is 6.83. The van der Waals surface area contributed by atoms with E-state index in [0.29, 0.717) is 5.92 Å². The molecule has 0 N–H and O–H groups in total. The quantitative estimate of drug-likeness (QED) is 0.865. The van der Waals surface area contributed by atoms with Crippen LogP contribution in [0.15, 0.2) is 36.9 Å². The zero-order valence-electron chi connectivity index (χ0n) is 13.8. The second-order valence-electron chi connectivity index (χ2n) is 7.02. The van der Waals surface area contributed by atoms with Crippen LogP contribution in [0.2, 0.25) is 0 Å². The van der Waals surface area contributed by atoms with Crippen molar-refractivity contribution in [3.63, 3.8) is 0 Å². The minimum absolute atomic E-state index is 0.578. The van der Waals surface area contributed by atoms with Crippen molar-refractivity contribution in [3.8, 4) is 5.82 Å². The van der Waals surface area contributed by atoms with Gasteiger partial charge in [-0.1, -0.05) is 25.3 Å². The van der Waals surface area contributed by atoms with Crippen LogP contribution in [0.25, 0.3) is 5.82 Å². The van der Waals surface area contributed by atoms with Crippen LogP contribution in [0, 0.1) is 0 Å². The summed E-state index contributed by atoms with van der Waals surface area (Å²) in [6, 6.07) is 7.22. The molecule has 1 saturated heterocycles. The molecule has 4 heteroatoms. The normalized spacial score (nSPS) is 23.9. The van der Waals surface area contributed by atoms with E-state index in [0.717, 1.165) is 11.9 Å². The molecule has 0 aromatic carbocycles. The molecule has 1 saturated carbocycles. The highest BCUT2D eigenvalue weighted by Gasteiger charge is 2.28. The van der Waals surface area contributed by atoms with Gasteiger partial charge in [-0.25, -0.2) is 9.97 Å². The molecule has 0 amide bonds. The van der Waals surface area contributed by atoms with Crippen molar-refractivity contribution in [2.45, 2.75) is 56.9 Å². The van der Waals surface area contributed by atoms with Crippen molar-refractivity contribution >= 4 is 0 Å². The van der Waals surface area contributed by atoms with Gasteiger partial charge in [-0.3, -0.25) is 9.47 Å². The van der Waals surface area contributed by atoms with Crippen molar-refractivity contribution < 1.29 is 0 Å². The van der Waals surface area contributed by atoms with Crippen molar-refractivity contribution in [2.75, 3.05) is 13.1 Å². The smallest absolute Gasteiger partial charge is 0.138 e. The van der Waals surface area contributed by atoms with E-state index in [-0.39, 0.29) is 0 Å². The molecule has 2 aliphatic rings. The minimum atomic E-state index is 0.578. The molecule has 0 radical (unpaired) electrons. The maximum atomic E-state index is 4.91.